The Morgan fingerprint density at radius 3 is 2.69 bits per heavy atom. The number of carboxylic acid groups (broad SMARTS) is 1. The van der Waals surface area contributed by atoms with Crippen LogP contribution in [0.4, 0.5) is 0 Å². The van der Waals surface area contributed by atoms with Gasteiger partial charge in [0.1, 0.15) is 11.7 Å². The van der Waals surface area contributed by atoms with Gasteiger partial charge in [-0.05, 0) is 0 Å². The summed E-state index contributed by atoms with van der Waals surface area (Å²) < 4.78 is 1.26. The maximum Gasteiger partial charge on any atom is 0.325 e. The zero-order valence-corrected chi connectivity index (χ0v) is 9.05. The SMILES string of the molecule is O=C(O)Cn1nc(-c2ccccc2)cc1Cl. The smallest absolute Gasteiger partial charge is 0.325 e. The van der Waals surface area contributed by atoms with Crippen LogP contribution in [-0.4, -0.2) is 20.9 Å². The molecule has 0 spiro atoms. The minimum Gasteiger partial charge on any atom is -0.480 e. The van der Waals surface area contributed by atoms with Gasteiger partial charge in [0.2, 0.25) is 0 Å². The minimum absolute atomic E-state index is 0.230. The van der Waals surface area contributed by atoms with Gasteiger partial charge in [-0.15, -0.1) is 0 Å². The molecule has 0 radical (unpaired) electrons. The first-order chi connectivity index (χ1) is 7.66. The highest BCUT2D eigenvalue weighted by molar-refractivity contribution is 6.29. The van der Waals surface area contributed by atoms with Crippen molar-refractivity contribution in [2.45, 2.75) is 6.54 Å². The predicted octanol–water partition coefficient (Wildman–Crippen LogP) is 2.29. The number of carbonyl (C=O) groups is 1. The molecule has 16 heavy (non-hydrogen) atoms. The van der Waals surface area contributed by atoms with Crippen molar-refractivity contribution in [1.29, 1.82) is 0 Å². The molecule has 0 aliphatic heterocycles. The van der Waals surface area contributed by atoms with Crippen molar-refractivity contribution in [3.8, 4) is 11.3 Å². The van der Waals surface area contributed by atoms with E-state index < -0.39 is 5.97 Å². The van der Waals surface area contributed by atoms with Crippen molar-refractivity contribution in [2.75, 3.05) is 0 Å². The van der Waals surface area contributed by atoms with E-state index in [0.717, 1.165) is 5.56 Å². The fourth-order valence-corrected chi connectivity index (χ4v) is 1.58. The van der Waals surface area contributed by atoms with E-state index in [1.165, 1.54) is 4.68 Å². The molecule has 5 heteroatoms. The number of benzene rings is 1. The highest BCUT2D eigenvalue weighted by atomic mass is 35.5. The highest BCUT2D eigenvalue weighted by Crippen LogP contribution is 2.21. The van der Waals surface area contributed by atoms with Crippen LogP contribution in [0.3, 0.4) is 0 Å². The second-order valence-electron chi connectivity index (χ2n) is 3.27. The molecule has 0 amide bonds. The predicted molar refractivity (Wildman–Crippen MR) is 60.3 cm³/mol. The molecule has 2 rings (SSSR count). The number of aliphatic carboxylic acids is 1. The Labute approximate surface area is 97.1 Å². The van der Waals surface area contributed by atoms with Gasteiger partial charge in [-0.1, -0.05) is 41.9 Å². The van der Waals surface area contributed by atoms with Gasteiger partial charge in [-0.2, -0.15) is 5.10 Å². The van der Waals surface area contributed by atoms with Crippen LogP contribution in [0.15, 0.2) is 36.4 Å². The molecular weight excluding hydrogens is 228 g/mol. The molecule has 1 heterocycles. The van der Waals surface area contributed by atoms with Crippen molar-refractivity contribution in [2.24, 2.45) is 0 Å². The molecule has 0 atom stereocenters. The molecular formula is C11H9ClN2O2. The number of rotatable bonds is 3. The van der Waals surface area contributed by atoms with Crippen LogP contribution >= 0.6 is 11.6 Å². The fourth-order valence-electron chi connectivity index (χ4n) is 1.38. The van der Waals surface area contributed by atoms with Crippen LogP contribution < -0.4 is 0 Å². The van der Waals surface area contributed by atoms with E-state index in [1.807, 2.05) is 30.3 Å². The van der Waals surface area contributed by atoms with E-state index in [0.29, 0.717) is 10.8 Å². The molecule has 0 fully saturated rings. The molecule has 1 aromatic carbocycles. The van der Waals surface area contributed by atoms with E-state index in [9.17, 15) is 4.79 Å². The summed E-state index contributed by atoms with van der Waals surface area (Å²) in [4.78, 5) is 10.5. The van der Waals surface area contributed by atoms with Gasteiger partial charge >= 0.3 is 5.97 Å². The average molecular weight is 237 g/mol. The highest BCUT2D eigenvalue weighted by Gasteiger charge is 2.09. The van der Waals surface area contributed by atoms with Crippen LogP contribution in [-0.2, 0) is 11.3 Å². The Kier molecular flexibility index (Phi) is 2.92. The second-order valence-corrected chi connectivity index (χ2v) is 3.66. The first-order valence-corrected chi connectivity index (χ1v) is 5.05. The van der Waals surface area contributed by atoms with Gasteiger partial charge in [0, 0.05) is 11.6 Å². The van der Waals surface area contributed by atoms with Crippen LogP contribution in [0.25, 0.3) is 11.3 Å². The molecule has 0 aliphatic carbocycles. The number of aromatic nitrogens is 2. The quantitative estimate of drug-likeness (QED) is 0.890. The summed E-state index contributed by atoms with van der Waals surface area (Å²) in [6.07, 6.45) is 0. The maximum absolute atomic E-state index is 10.5. The van der Waals surface area contributed by atoms with Crippen LogP contribution in [0.2, 0.25) is 5.15 Å². The summed E-state index contributed by atoms with van der Waals surface area (Å²) in [6, 6.07) is 11.1. The van der Waals surface area contributed by atoms with Crippen LogP contribution in [0.1, 0.15) is 0 Å². The Hall–Kier alpha value is -1.81. The second kappa shape index (κ2) is 4.37. The Morgan fingerprint density at radius 2 is 2.06 bits per heavy atom. The lowest BCUT2D eigenvalue weighted by molar-refractivity contribution is -0.137. The lowest BCUT2D eigenvalue weighted by atomic mass is 10.2. The summed E-state index contributed by atoms with van der Waals surface area (Å²) in [6.45, 7) is -0.230. The number of halogens is 1. The molecule has 82 valence electrons. The maximum atomic E-state index is 10.5. The molecule has 1 aromatic heterocycles. The fraction of sp³-hybridized carbons (Fsp3) is 0.0909. The molecule has 0 saturated carbocycles. The van der Waals surface area contributed by atoms with Gasteiger partial charge in [0.05, 0.1) is 5.69 Å². The topological polar surface area (TPSA) is 55.1 Å². The summed E-state index contributed by atoms with van der Waals surface area (Å²) in [5.74, 6) is -0.968. The largest absolute Gasteiger partial charge is 0.480 e. The summed E-state index contributed by atoms with van der Waals surface area (Å²) in [5.41, 5.74) is 1.58. The number of nitrogens with zero attached hydrogens (tertiary/aromatic N) is 2. The monoisotopic (exact) mass is 236 g/mol. The first kappa shape index (κ1) is 10.7. The third-order valence-electron chi connectivity index (χ3n) is 2.09. The Balaban J connectivity index is 2.34. The Morgan fingerprint density at radius 1 is 1.38 bits per heavy atom. The summed E-state index contributed by atoms with van der Waals surface area (Å²) in [5, 5.41) is 13.1. The van der Waals surface area contributed by atoms with E-state index in [4.69, 9.17) is 16.7 Å². The van der Waals surface area contributed by atoms with E-state index in [1.54, 1.807) is 6.07 Å². The average Bonchev–Trinajstić information content (AvgIpc) is 2.61. The molecule has 4 nitrogen and oxygen atoms in total. The van der Waals surface area contributed by atoms with Gasteiger partial charge in [0.15, 0.2) is 0 Å². The lowest BCUT2D eigenvalue weighted by Gasteiger charge is -1.97. The van der Waals surface area contributed by atoms with E-state index in [2.05, 4.69) is 5.10 Å². The van der Waals surface area contributed by atoms with Crippen molar-refractivity contribution in [3.63, 3.8) is 0 Å². The van der Waals surface area contributed by atoms with Crippen molar-refractivity contribution in [1.82, 2.24) is 9.78 Å². The zero-order chi connectivity index (χ0) is 11.5. The van der Waals surface area contributed by atoms with Gasteiger partial charge in [0.25, 0.3) is 0 Å². The molecule has 0 saturated heterocycles. The Bertz CT molecular complexity index is 508. The number of hydrogen-bond donors (Lipinski definition) is 1. The van der Waals surface area contributed by atoms with Gasteiger partial charge in [-0.3, -0.25) is 4.79 Å². The van der Waals surface area contributed by atoms with Gasteiger partial charge < -0.3 is 5.11 Å². The van der Waals surface area contributed by atoms with Crippen LogP contribution in [0.5, 0.6) is 0 Å². The first-order valence-electron chi connectivity index (χ1n) is 4.67. The number of hydrogen-bond acceptors (Lipinski definition) is 2. The minimum atomic E-state index is -0.968. The normalized spacial score (nSPS) is 10.3. The molecule has 2 aromatic rings. The summed E-state index contributed by atoms with van der Waals surface area (Å²) in [7, 11) is 0. The van der Waals surface area contributed by atoms with Crippen molar-refractivity contribution < 1.29 is 9.90 Å². The lowest BCUT2D eigenvalue weighted by Crippen LogP contribution is -2.10. The van der Waals surface area contributed by atoms with Gasteiger partial charge in [-0.25, -0.2) is 4.68 Å². The van der Waals surface area contributed by atoms with E-state index in [-0.39, 0.29) is 6.54 Å². The van der Waals surface area contributed by atoms with E-state index >= 15 is 0 Å². The van der Waals surface area contributed by atoms with Crippen molar-refractivity contribution in [3.05, 3.63) is 41.6 Å². The third kappa shape index (κ3) is 2.23. The zero-order valence-electron chi connectivity index (χ0n) is 8.30. The van der Waals surface area contributed by atoms with Crippen LogP contribution in [0, 0.1) is 0 Å². The standard InChI is InChI=1S/C11H9ClN2O2/c12-10-6-9(8-4-2-1-3-5-8)13-14(10)7-11(15)16/h1-6H,7H2,(H,15,16). The molecule has 0 unspecified atom stereocenters. The number of carboxylic acids is 1. The molecule has 1 N–H and O–H groups in total. The molecule has 0 aliphatic rings. The summed E-state index contributed by atoms with van der Waals surface area (Å²) >= 11 is 5.88. The van der Waals surface area contributed by atoms with Crippen molar-refractivity contribution >= 4 is 17.6 Å². The third-order valence-corrected chi connectivity index (χ3v) is 2.39. The molecule has 0 bridgehead atoms.